The molecule has 0 unspecified atom stereocenters. The van der Waals surface area contributed by atoms with Gasteiger partial charge < -0.3 is 14.5 Å². The molecule has 0 bridgehead atoms. The molecule has 2 aliphatic rings. The lowest BCUT2D eigenvalue weighted by atomic mass is 10.1. The molecule has 15 heavy (non-hydrogen) atoms. The Bertz CT molecular complexity index is 270. The maximum absolute atomic E-state index is 12.0. The highest BCUT2D eigenvalue weighted by Gasteiger charge is 2.23. The molecule has 2 amide bonds. The minimum absolute atomic E-state index is 0.169. The van der Waals surface area contributed by atoms with Gasteiger partial charge in [-0.05, 0) is 13.3 Å². The third-order valence-electron chi connectivity index (χ3n) is 2.99. The normalized spacial score (nSPS) is 22.6. The van der Waals surface area contributed by atoms with Gasteiger partial charge in [-0.3, -0.25) is 0 Å². The third kappa shape index (κ3) is 2.50. The van der Waals surface area contributed by atoms with E-state index in [2.05, 4.69) is 13.0 Å². The van der Waals surface area contributed by atoms with Crippen molar-refractivity contribution >= 4 is 6.03 Å². The van der Waals surface area contributed by atoms with Crippen molar-refractivity contribution < 1.29 is 9.53 Å². The zero-order valence-electron chi connectivity index (χ0n) is 9.24. The molecule has 0 saturated carbocycles. The first-order valence-corrected chi connectivity index (χ1v) is 5.54. The monoisotopic (exact) mass is 210 g/mol. The van der Waals surface area contributed by atoms with E-state index in [1.165, 1.54) is 5.57 Å². The van der Waals surface area contributed by atoms with Crippen LogP contribution in [0.15, 0.2) is 11.6 Å². The molecule has 2 heterocycles. The number of nitrogens with zero attached hydrogens (tertiary/aromatic N) is 2. The first kappa shape index (κ1) is 10.5. The lowest BCUT2D eigenvalue weighted by Crippen LogP contribution is -2.49. The summed E-state index contributed by atoms with van der Waals surface area (Å²) in [6, 6.07) is 0.169. The molecule has 0 radical (unpaired) electrons. The van der Waals surface area contributed by atoms with Crippen LogP contribution in [0, 0.1) is 0 Å². The molecular formula is C11H18N2O2. The molecule has 2 aliphatic heterocycles. The summed E-state index contributed by atoms with van der Waals surface area (Å²) < 4.78 is 5.23. The van der Waals surface area contributed by atoms with Gasteiger partial charge in [-0.2, -0.15) is 0 Å². The van der Waals surface area contributed by atoms with Crippen LogP contribution in [0.3, 0.4) is 0 Å². The Kier molecular flexibility index (Phi) is 3.26. The van der Waals surface area contributed by atoms with Crippen LogP contribution in [-0.4, -0.2) is 55.2 Å². The number of hydrogen-bond donors (Lipinski definition) is 0. The molecule has 0 aromatic heterocycles. The fourth-order valence-corrected chi connectivity index (χ4v) is 1.90. The van der Waals surface area contributed by atoms with Crippen LogP contribution in [0.5, 0.6) is 0 Å². The third-order valence-corrected chi connectivity index (χ3v) is 2.99. The largest absolute Gasteiger partial charge is 0.378 e. The zero-order valence-corrected chi connectivity index (χ0v) is 9.24. The topological polar surface area (TPSA) is 32.8 Å². The molecule has 0 N–H and O–H groups in total. The summed E-state index contributed by atoms with van der Waals surface area (Å²) in [6.45, 7) is 6.57. The molecule has 1 saturated heterocycles. The van der Waals surface area contributed by atoms with Crippen molar-refractivity contribution in [1.82, 2.24) is 9.80 Å². The Labute approximate surface area is 90.5 Å². The van der Waals surface area contributed by atoms with Crippen molar-refractivity contribution in [2.45, 2.75) is 13.3 Å². The smallest absolute Gasteiger partial charge is 0.320 e. The number of carbonyl (C=O) groups excluding carboxylic acids is 1. The summed E-state index contributed by atoms with van der Waals surface area (Å²) in [7, 11) is 0. The predicted molar refractivity (Wildman–Crippen MR) is 57.7 cm³/mol. The number of rotatable bonds is 0. The first-order valence-electron chi connectivity index (χ1n) is 5.54. The second kappa shape index (κ2) is 4.66. The van der Waals surface area contributed by atoms with Gasteiger partial charge in [0.15, 0.2) is 0 Å². The second-order valence-electron chi connectivity index (χ2n) is 4.13. The van der Waals surface area contributed by atoms with Gasteiger partial charge >= 0.3 is 6.03 Å². The molecule has 4 heteroatoms. The van der Waals surface area contributed by atoms with E-state index in [1.54, 1.807) is 0 Å². The summed E-state index contributed by atoms with van der Waals surface area (Å²) in [5.41, 5.74) is 1.39. The van der Waals surface area contributed by atoms with E-state index in [4.69, 9.17) is 4.74 Å². The minimum atomic E-state index is 0.169. The summed E-state index contributed by atoms with van der Waals surface area (Å²) in [6.07, 6.45) is 3.15. The van der Waals surface area contributed by atoms with E-state index < -0.39 is 0 Å². The maximum atomic E-state index is 12.0. The van der Waals surface area contributed by atoms with Gasteiger partial charge in [0, 0.05) is 26.2 Å². The van der Waals surface area contributed by atoms with Crippen LogP contribution in [0.2, 0.25) is 0 Å². The summed E-state index contributed by atoms with van der Waals surface area (Å²) >= 11 is 0. The average Bonchev–Trinajstić information content (AvgIpc) is 2.30. The van der Waals surface area contributed by atoms with Crippen molar-refractivity contribution in [3.63, 3.8) is 0 Å². The van der Waals surface area contributed by atoms with Crippen LogP contribution < -0.4 is 0 Å². The van der Waals surface area contributed by atoms with Crippen molar-refractivity contribution in [1.29, 1.82) is 0 Å². The number of morpholine rings is 1. The Balaban J connectivity index is 1.90. The van der Waals surface area contributed by atoms with Gasteiger partial charge in [0.25, 0.3) is 0 Å². The van der Waals surface area contributed by atoms with Crippen molar-refractivity contribution in [2.24, 2.45) is 0 Å². The maximum Gasteiger partial charge on any atom is 0.320 e. The van der Waals surface area contributed by atoms with E-state index in [9.17, 15) is 4.79 Å². The lowest BCUT2D eigenvalue weighted by Gasteiger charge is -2.34. The number of carbonyl (C=O) groups is 1. The lowest BCUT2D eigenvalue weighted by molar-refractivity contribution is 0.0439. The number of urea groups is 1. The second-order valence-corrected chi connectivity index (χ2v) is 4.13. The van der Waals surface area contributed by atoms with Crippen molar-refractivity contribution in [3.8, 4) is 0 Å². The molecule has 0 aromatic carbocycles. The highest BCUT2D eigenvalue weighted by atomic mass is 16.5. The molecule has 0 spiro atoms. The molecule has 0 aromatic rings. The number of amides is 2. The van der Waals surface area contributed by atoms with Gasteiger partial charge in [0.1, 0.15) is 0 Å². The SMILES string of the molecule is CC1=CCN(C(=O)N2CCOCC2)CC1. The predicted octanol–water partition coefficient (Wildman–Crippen LogP) is 1.09. The van der Waals surface area contributed by atoms with Crippen molar-refractivity contribution in [2.75, 3.05) is 39.4 Å². The van der Waals surface area contributed by atoms with Crippen LogP contribution >= 0.6 is 0 Å². The van der Waals surface area contributed by atoms with Gasteiger partial charge in [-0.1, -0.05) is 11.6 Å². The summed E-state index contributed by atoms with van der Waals surface area (Å²) in [4.78, 5) is 15.8. The molecule has 1 fully saturated rings. The van der Waals surface area contributed by atoms with Crippen LogP contribution in [0.1, 0.15) is 13.3 Å². The Morgan fingerprint density at radius 1 is 1.27 bits per heavy atom. The number of hydrogen-bond acceptors (Lipinski definition) is 2. The molecule has 4 nitrogen and oxygen atoms in total. The highest BCUT2D eigenvalue weighted by Crippen LogP contribution is 2.12. The molecule has 2 rings (SSSR count). The fraction of sp³-hybridized carbons (Fsp3) is 0.727. The van der Waals surface area contributed by atoms with E-state index in [0.717, 1.165) is 32.6 Å². The fourth-order valence-electron chi connectivity index (χ4n) is 1.90. The Hall–Kier alpha value is -1.03. The molecular weight excluding hydrogens is 192 g/mol. The molecule has 84 valence electrons. The Morgan fingerprint density at radius 2 is 2.00 bits per heavy atom. The molecule has 0 atom stereocenters. The zero-order chi connectivity index (χ0) is 10.7. The summed E-state index contributed by atoms with van der Waals surface area (Å²) in [5.74, 6) is 0. The van der Waals surface area contributed by atoms with E-state index in [-0.39, 0.29) is 6.03 Å². The quantitative estimate of drug-likeness (QED) is 0.561. The summed E-state index contributed by atoms with van der Waals surface area (Å²) in [5, 5.41) is 0. The van der Waals surface area contributed by atoms with E-state index in [0.29, 0.717) is 13.2 Å². The Morgan fingerprint density at radius 3 is 2.60 bits per heavy atom. The minimum Gasteiger partial charge on any atom is -0.378 e. The molecule has 0 aliphatic carbocycles. The number of ether oxygens (including phenoxy) is 1. The van der Waals surface area contributed by atoms with Gasteiger partial charge in [0.2, 0.25) is 0 Å². The van der Waals surface area contributed by atoms with Crippen molar-refractivity contribution in [3.05, 3.63) is 11.6 Å². The van der Waals surface area contributed by atoms with E-state index >= 15 is 0 Å². The van der Waals surface area contributed by atoms with Crippen LogP contribution in [0.25, 0.3) is 0 Å². The van der Waals surface area contributed by atoms with Gasteiger partial charge in [-0.25, -0.2) is 4.79 Å². The first-order chi connectivity index (χ1) is 7.27. The van der Waals surface area contributed by atoms with Gasteiger partial charge in [0.05, 0.1) is 13.2 Å². The average molecular weight is 210 g/mol. The highest BCUT2D eigenvalue weighted by molar-refractivity contribution is 5.75. The van der Waals surface area contributed by atoms with Gasteiger partial charge in [-0.15, -0.1) is 0 Å². The van der Waals surface area contributed by atoms with Crippen LogP contribution in [0.4, 0.5) is 4.79 Å². The van der Waals surface area contributed by atoms with E-state index in [1.807, 2.05) is 9.80 Å². The van der Waals surface area contributed by atoms with Crippen LogP contribution in [-0.2, 0) is 4.74 Å². The standard InChI is InChI=1S/C11H18N2O2/c1-10-2-4-12(5-3-10)11(14)13-6-8-15-9-7-13/h2H,3-9H2,1H3.